The van der Waals surface area contributed by atoms with Gasteiger partial charge in [-0.05, 0) is 105 Å². The van der Waals surface area contributed by atoms with E-state index in [4.69, 9.17) is 4.74 Å². The van der Waals surface area contributed by atoms with Crippen LogP contribution in [-0.4, -0.2) is 35.5 Å². The van der Waals surface area contributed by atoms with Gasteiger partial charge in [-0.2, -0.15) is 0 Å². The van der Waals surface area contributed by atoms with Gasteiger partial charge in [0.15, 0.2) is 0 Å². The largest absolute Gasteiger partial charge is 0.393 e. The Kier molecular flexibility index (Phi) is 4.99. The van der Waals surface area contributed by atoms with Gasteiger partial charge in [0, 0.05) is 12.0 Å². The van der Waals surface area contributed by atoms with Crippen LogP contribution in [0.3, 0.4) is 0 Å². The van der Waals surface area contributed by atoms with Crippen molar-refractivity contribution in [3.63, 3.8) is 0 Å². The highest BCUT2D eigenvalue weighted by Gasteiger charge is 2.60. The molecular formula is C28H45NO2. The number of ether oxygens (including phenoxy) is 1. The molecule has 0 amide bonds. The standard InChI is InChI=1S/C28H45NO2/c1-16-11-25-26(29-15-16)18(3)28(31-25)10-8-21-22-6-5-19-12-20(30)7-9-27(19,4)24(22)13-23(21)17(2)14-28/h5,16-18,20-26,29-30H,6-15H2,1-4H3/t16-,17?,18+,20-,21-,22-,23?,24-,25+,26-,27-,28-/m0/s1. The molecule has 0 aromatic heterocycles. The number of fused-ring (bicyclic) bond motifs is 6. The molecule has 2 aliphatic heterocycles. The number of aliphatic hydroxyl groups is 1. The Hall–Kier alpha value is -0.380. The van der Waals surface area contributed by atoms with E-state index >= 15 is 0 Å². The summed E-state index contributed by atoms with van der Waals surface area (Å²) < 4.78 is 7.04. The van der Waals surface area contributed by atoms with E-state index in [1.54, 1.807) is 5.57 Å². The minimum absolute atomic E-state index is 0.0950. The van der Waals surface area contributed by atoms with E-state index in [9.17, 15) is 5.11 Å². The predicted octanol–water partition coefficient (Wildman–Crippen LogP) is 5.33. The Morgan fingerprint density at radius 3 is 2.74 bits per heavy atom. The maximum absolute atomic E-state index is 10.3. The third-order valence-electron chi connectivity index (χ3n) is 11.6. The second-order valence-electron chi connectivity index (χ2n) is 13.1. The lowest BCUT2D eigenvalue weighted by molar-refractivity contribution is -0.0822. The summed E-state index contributed by atoms with van der Waals surface area (Å²) in [6.45, 7) is 11.2. The second kappa shape index (κ2) is 7.31. The van der Waals surface area contributed by atoms with Crippen molar-refractivity contribution in [3.05, 3.63) is 11.6 Å². The molecule has 3 heteroatoms. The molecule has 31 heavy (non-hydrogen) atoms. The SMILES string of the molecule is CC1C[C@]2(CC[C@@H]3C1C[C@H]1[C@H]3CC=C3C[C@@H](O)CC[C@@]31C)O[C@@H]1C[C@H](C)CN[C@H]1[C@H]2C. The van der Waals surface area contributed by atoms with Gasteiger partial charge in [0.05, 0.1) is 17.8 Å². The van der Waals surface area contributed by atoms with Gasteiger partial charge >= 0.3 is 0 Å². The quantitative estimate of drug-likeness (QED) is 0.514. The van der Waals surface area contributed by atoms with Crippen LogP contribution in [0.4, 0.5) is 0 Å². The van der Waals surface area contributed by atoms with E-state index in [1.165, 1.54) is 44.9 Å². The smallest absolute Gasteiger partial charge is 0.0742 e. The van der Waals surface area contributed by atoms with Crippen LogP contribution >= 0.6 is 0 Å². The average molecular weight is 428 g/mol. The maximum atomic E-state index is 10.3. The van der Waals surface area contributed by atoms with Gasteiger partial charge in [0.1, 0.15) is 0 Å². The van der Waals surface area contributed by atoms with Crippen molar-refractivity contribution in [2.75, 3.05) is 6.54 Å². The van der Waals surface area contributed by atoms with E-state index in [1.807, 2.05) is 0 Å². The van der Waals surface area contributed by atoms with E-state index in [2.05, 4.69) is 39.1 Å². The minimum Gasteiger partial charge on any atom is -0.393 e. The molecule has 2 N–H and O–H groups in total. The maximum Gasteiger partial charge on any atom is 0.0742 e. The van der Waals surface area contributed by atoms with E-state index < -0.39 is 0 Å². The van der Waals surface area contributed by atoms with Crippen molar-refractivity contribution in [3.8, 4) is 0 Å². The second-order valence-corrected chi connectivity index (χ2v) is 13.1. The molecule has 3 nitrogen and oxygen atoms in total. The Bertz CT molecular complexity index is 749. The highest BCUT2D eigenvalue weighted by atomic mass is 16.5. The molecule has 3 saturated carbocycles. The summed E-state index contributed by atoms with van der Waals surface area (Å²) in [5.41, 5.74) is 2.07. The van der Waals surface area contributed by atoms with Gasteiger partial charge in [0.2, 0.25) is 0 Å². The molecule has 2 unspecified atom stereocenters. The molecule has 12 atom stereocenters. The zero-order valence-corrected chi connectivity index (χ0v) is 20.3. The third kappa shape index (κ3) is 3.08. The number of piperidine rings is 1. The van der Waals surface area contributed by atoms with Crippen LogP contribution in [-0.2, 0) is 4.74 Å². The molecule has 0 bridgehead atoms. The Morgan fingerprint density at radius 1 is 1.06 bits per heavy atom. The molecule has 4 aliphatic carbocycles. The van der Waals surface area contributed by atoms with Crippen molar-refractivity contribution >= 4 is 0 Å². The normalized spacial score (nSPS) is 58.7. The summed E-state index contributed by atoms with van der Waals surface area (Å²) in [5, 5.41) is 14.1. The van der Waals surface area contributed by atoms with Crippen LogP contribution in [0, 0.1) is 46.8 Å². The van der Waals surface area contributed by atoms with Crippen LogP contribution in [0.25, 0.3) is 0 Å². The molecular weight excluding hydrogens is 382 g/mol. The average Bonchev–Trinajstić information content (AvgIpc) is 3.19. The highest BCUT2D eigenvalue weighted by Crippen LogP contribution is 2.64. The van der Waals surface area contributed by atoms with Crippen molar-refractivity contribution < 1.29 is 9.84 Å². The highest BCUT2D eigenvalue weighted by molar-refractivity contribution is 5.25. The predicted molar refractivity (Wildman–Crippen MR) is 125 cm³/mol. The van der Waals surface area contributed by atoms with Crippen molar-refractivity contribution in [1.29, 1.82) is 0 Å². The van der Waals surface area contributed by atoms with Gasteiger partial charge < -0.3 is 15.2 Å². The zero-order chi connectivity index (χ0) is 21.5. The summed E-state index contributed by atoms with van der Waals surface area (Å²) in [5.74, 6) is 5.60. The number of rotatable bonds is 0. The van der Waals surface area contributed by atoms with E-state index in [0.717, 1.165) is 54.9 Å². The Balaban J connectivity index is 1.25. The number of aliphatic hydroxyl groups excluding tert-OH is 1. The molecule has 174 valence electrons. The zero-order valence-electron chi connectivity index (χ0n) is 20.3. The number of allylic oxidation sites excluding steroid dienone is 1. The fourth-order valence-electron chi connectivity index (χ4n) is 9.83. The monoisotopic (exact) mass is 427 g/mol. The van der Waals surface area contributed by atoms with Gasteiger partial charge in [-0.1, -0.05) is 39.3 Å². The molecule has 0 aromatic carbocycles. The summed E-state index contributed by atoms with van der Waals surface area (Å²) in [7, 11) is 0. The molecule has 6 aliphatic rings. The topological polar surface area (TPSA) is 41.5 Å². The van der Waals surface area contributed by atoms with Crippen LogP contribution in [0.2, 0.25) is 0 Å². The number of hydrogen-bond acceptors (Lipinski definition) is 3. The Morgan fingerprint density at radius 2 is 1.90 bits per heavy atom. The van der Waals surface area contributed by atoms with Crippen molar-refractivity contribution in [2.45, 2.75) is 109 Å². The van der Waals surface area contributed by atoms with Crippen LogP contribution in [0.5, 0.6) is 0 Å². The molecule has 2 saturated heterocycles. The molecule has 6 rings (SSSR count). The summed E-state index contributed by atoms with van der Waals surface area (Å²) in [6, 6.07) is 0.571. The van der Waals surface area contributed by atoms with E-state index in [-0.39, 0.29) is 11.7 Å². The molecule has 2 heterocycles. The van der Waals surface area contributed by atoms with Crippen LogP contribution < -0.4 is 5.32 Å². The van der Waals surface area contributed by atoms with E-state index in [0.29, 0.717) is 23.5 Å². The molecule has 0 radical (unpaired) electrons. The van der Waals surface area contributed by atoms with Gasteiger partial charge in [-0.15, -0.1) is 0 Å². The fourth-order valence-corrected chi connectivity index (χ4v) is 9.83. The van der Waals surface area contributed by atoms with Gasteiger partial charge in [0.25, 0.3) is 0 Å². The lowest BCUT2D eigenvalue weighted by Crippen LogP contribution is -2.48. The summed E-state index contributed by atoms with van der Waals surface area (Å²) >= 11 is 0. The minimum atomic E-state index is -0.0950. The molecule has 5 fully saturated rings. The first-order valence-corrected chi connectivity index (χ1v) is 13.6. The first kappa shape index (κ1) is 21.2. The van der Waals surface area contributed by atoms with Crippen molar-refractivity contribution in [1.82, 2.24) is 5.32 Å². The molecule has 1 spiro atoms. The number of nitrogens with one attached hydrogen (secondary N) is 1. The van der Waals surface area contributed by atoms with Gasteiger partial charge in [-0.3, -0.25) is 0 Å². The third-order valence-corrected chi connectivity index (χ3v) is 11.6. The first-order chi connectivity index (χ1) is 14.8. The lowest BCUT2D eigenvalue weighted by atomic mass is 9.56. The summed E-state index contributed by atoms with van der Waals surface area (Å²) in [6.07, 6.45) is 13.9. The Labute approximate surface area is 189 Å². The van der Waals surface area contributed by atoms with Crippen LogP contribution in [0.1, 0.15) is 85.5 Å². The van der Waals surface area contributed by atoms with Gasteiger partial charge in [-0.25, -0.2) is 0 Å². The molecule has 0 aromatic rings. The first-order valence-electron chi connectivity index (χ1n) is 13.6. The lowest BCUT2D eigenvalue weighted by Gasteiger charge is -2.49. The summed E-state index contributed by atoms with van der Waals surface area (Å²) in [4.78, 5) is 0. The van der Waals surface area contributed by atoms with Crippen LogP contribution in [0.15, 0.2) is 11.6 Å². The number of hydrogen-bond donors (Lipinski definition) is 2. The fraction of sp³-hybridized carbons (Fsp3) is 0.929. The van der Waals surface area contributed by atoms with Crippen molar-refractivity contribution in [2.24, 2.45) is 46.8 Å².